The zero-order valence-corrected chi connectivity index (χ0v) is 6.78. The summed E-state index contributed by atoms with van der Waals surface area (Å²) in [5, 5.41) is 8.90. The average Bonchev–Trinajstić information content (AvgIpc) is 1.82. The second-order valence-electron chi connectivity index (χ2n) is 2.17. The zero-order valence-electron chi connectivity index (χ0n) is 5.97. The number of nitrogen functional groups attached to an aromatic ring is 1. The highest BCUT2D eigenvalue weighted by molar-refractivity contribution is 5.85. The number of anilines is 1. The van der Waals surface area contributed by atoms with Gasteiger partial charge in [0.05, 0.1) is 0 Å². The number of benzene rings is 1. The molecule has 4 heteroatoms. The molecular formula is C7H9ClFNO. The van der Waals surface area contributed by atoms with E-state index in [4.69, 9.17) is 10.8 Å². The summed E-state index contributed by atoms with van der Waals surface area (Å²) in [6.07, 6.45) is 0. The first-order chi connectivity index (χ1) is 4.61. The molecule has 1 aromatic carbocycles. The molecule has 0 spiro atoms. The van der Waals surface area contributed by atoms with Crippen LogP contribution in [0.2, 0.25) is 0 Å². The fourth-order valence-electron chi connectivity index (χ4n) is 0.763. The predicted octanol–water partition coefficient (Wildman–Crippen LogP) is 1.84. The van der Waals surface area contributed by atoms with Crippen molar-refractivity contribution in [3.8, 4) is 5.75 Å². The quantitative estimate of drug-likeness (QED) is 0.469. The maximum Gasteiger partial charge on any atom is 0.167 e. The van der Waals surface area contributed by atoms with Crippen molar-refractivity contribution in [1.82, 2.24) is 0 Å². The highest BCUT2D eigenvalue weighted by Gasteiger charge is 2.03. The van der Waals surface area contributed by atoms with Crippen molar-refractivity contribution in [2.24, 2.45) is 0 Å². The maximum absolute atomic E-state index is 12.5. The maximum atomic E-state index is 12.5. The number of hydrogen-bond donors (Lipinski definition) is 2. The Balaban J connectivity index is 0.000001000. The molecule has 2 nitrogen and oxygen atoms in total. The van der Waals surface area contributed by atoms with E-state index in [-0.39, 0.29) is 18.2 Å². The van der Waals surface area contributed by atoms with E-state index in [1.807, 2.05) is 0 Å². The molecule has 0 radical (unpaired) electrons. The van der Waals surface area contributed by atoms with E-state index in [1.165, 1.54) is 6.07 Å². The van der Waals surface area contributed by atoms with Gasteiger partial charge in [0.15, 0.2) is 11.6 Å². The summed E-state index contributed by atoms with van der Waals surface area (Å²) in [6.45, 7) is 1.59. The number of phenolic OH excluding ortho intramolecular Hbond substituents is 1. The van der Waals surface area contributed by atoms with Gasteiger partial charge in [-0.3, -0.25) is 0 Å². The molecule has 11 heavy (non-hydrogen) atoms. The number of hydrogen-bond acceptors (Lipinski definition) is 2. The molecule has 0 bridgehead atoms. The van der Waals surface area contributed by atoms with Crippen molar-refractivity contribution in [2.75, 3.05) is 5.73 Å². The molecule has 1 rings (SSSR count). The summed E-state index contributed by atoms with van der Waals surface area (Å²) in [7, 11) is 0. The number of aromatic hydroxyl groups is 1. The van der Waals surface area contributed by atoms with E-state index in [9.17, 15) is 4.39 Å². The Morgan fingerprint density at radius 1 is 1.45 bits per heavy atom. The van der Waals surface area contributed by atoms with Gasteiger partial charge in [0, 0.05) is 11.8 Å². The van der Waals surface area contributed by atoms with Crippen molar-refractivity contribution in [3.05, 3.63) is 23.5 Å². The lowest BCUT2D eigenvalue weighted by atomic mass is 10.2. The van der Waals surface area contributed by atoms with Gasteiger partial charge in [-0.15, -0.1) is 12.4 Å². The van der Waals surface area contributed by atoms with Crippen LogP contribution in [0.5, 0.6) is 5.75 Å². The van der Waals surface area contributed by atoms with Crippen LogP contribution in [-0.2, 0) is 0 Å². The summed E-state index contributed by atoms with van der Waals surface area (Å²) in [6, 6.07) is 2.60. The van der Waals surface area contributed by atoms with Crippen molar-refractivity contribution < 1.29 is 9.50 Å². The number of aryl methyl sites for hydroxylation is 1. The molecule has 0 amide bonds. The van der Waals surface area contributed by atoms with E-state index < -0.39 is 5.82 Å². The Bertz CT molecular complexity index is 242. The zero-order chi connectivity index (χ0) is 7.72. The smallest absolute Gasteiger partial charge is 0.167 e. The Morgan fingerprint density at radius 2 is 2.00 bits per heavy atom. The van der Waals surface area contributed by atoms with Gasteiger partial charge in [0.1, 0.15) is 0 Å². The first-order valence-electron chi connectivity index (χ1n) is 2.86. The van der Waals surface area contributed by atoms with Crippen molar-refractivity contribution in [3.63, 3.8) is 0 Å². The lowest BCUT2D eigenvalue weighted by Gasteiger charge is -2.00. The van der Waals surface area contributed by atoms with Crippen LogP contribution in [0.4, 0.5) is 10.1 Å². The van der Waals surface area contributed by atoms with Gasteiger partial charge in [-0.2, -0.15) is 0 Å². The van der Waals surface area contributed by atoms with E-state index >= 15 is 0 Å². The van der Waals surface area contributed by atoms with Crippen LogP contribution in [0.3, 0.4) is 0 Å². The van der Waals surface area contributed by atoms with E-state index in [0.717, 1.165) is 6.07 Å². The molecule has 62 valence electrons. The normalized spacial score (nSPS) is 8.91. The molecule has 1 aromatic rings. The molecule has 0 saturated heterocycles. The molecule has 0 aliphatic heterocycles. The molecular weight excluding hydrogens is 169 g/mol. The molecule has 0 aliphatic rings. The average molecular weight is 178 g/mol. The fourth-order valence-corrected chi connectivity index (χ4v) is 0.763. The monoisotopic (exact) mass is 177 g/mol. The minimum atomic E-state index is -0.669. The minimum Gasteiger partial charge on any atom is -0.505 e. The van der Waals surface area contributed by atoms with Crippen LogP contribution < -0.4 is 5.73 Å². The lowest BCUT2D eigenvalue weighted by molar-refractivity contribution is 0.429. The summed E-state index contributed by atoms with van der Waals surface area (Å²) in [5.41, 5.74) is 6.06. The second-order valence-corrected chi connectivity index (χ2v) is 2.17. The van der Waals surface area contributed by atoms with Crippen molar-refractivity contribution in [2.45, 2.75) is 6.92 Å². The Labute approximate surface area is 70.2 Å². The number of phenols is 1. The van der Waals surface area contributed by atoms with Gasteiger partial charge in [0.2, 0.25) is 0 Å². The Morgan fingerprint density at radius 3 is 2.45 bits per heavy atom. The largest absolute Gasteiger partial charge is 0.505 e. The molecule has 0 aliphatic carbocycles. The third-order valence-corrected chi connectivity index (χ3v) is 1.28. The number of halogens is 2. The van der Waals surface area contributed by atoms with Gasteiger partial charge in [-0.1, -0.05) is 0 Å². The van der Waals surface area contributed by atoms with Gasteiger partial charge in [-0.25, -0.2) is 4.39 Å². The number of nitrogens with two attached hydrogens (primary N) is 1. The summed E-state index contributed by atoms with van der Waals surface area (Å²) < 4.78 is 12.5. The third-order valence-electron chi connectivity index (χ3n) is 1.28. The predicted molar refractivity (Wildman–Crippen MR) is 44.5 cm³/mol. The molecule has 0 saturated carbocycles. The summed E-state index contributed by atoms with van der Waals surface area (Å²) in [4.78, 5) is 0. The van der Waals surface area contributed by atoms with Crippen LogP contribution in [0.1, 0.15) is 5.56 Å². The van der Waals surface area contributed by atoms with Gasteiger partial charge in [0.25, 0.3) is 0 Å². The van der Waals surface area contributed by atoms with E-state index in [2.05, 4.69) is 0 Å². The van der Waals surface area contributed by atoms with Crippen LogP contribution in [0, 0.1) is 12.7 Å². The molecule has 0 unspecified atom stereocenters. The van der Waals surface area contributed by atoms with Crippen molar-refractivity contribution in [1.29, 1.82) is 0 Å². The van der Waals surface area contributed by atoms with Gasteiger partial charge < -0.3 is 10.8 Å². The third kappa shape index (κ3) is 1.98. The van der Waals surface area contributed by atoms with Crippen LogP contribution >= 0.6 is 12.4 Å². The van der Waals surface area contributed by atoms with Gasteiger partial charge >= 0.3 is 0 Å². The van der Waals surface area contributed by atoms with E-state index in [0.29, 0.717) is 11.3 Å². The first-order valence-corrected chi connectivity index (χ1v) is 2.86. The summed E-state index contributed by atoms with van der Waals surface area (Å²) in [5.74, 6) is -0.994. The van der Waals surface area contributed by atoms with E-state index in [1.54, 1.807) is 6.92 Å². The number of rotatable bonds is 0. The molecule has 0 aromatic heterocycles. The van der Waals surface area contributed by atoms with Crippen LogP contribution in [-0.4, -0.2) is 5.11 Å². The van der Waals surface area contributed by atoms with Crippen molar-refractivity contribution >= 4 is 18.1 Å². The lowest BCUT2D eigenvalue weighted by Crippen LogP contribution is -1.88. The topological polar surface area (TPSA) is 46.2 Å². The SMILES string of the molecule is Cc1cc(N)cc(F)c1O.Cl. The first kappa shape index (κ1) is 10.0. The molecule has 3 N–H and O–H groups in total. The van der Waals surface area contributed by atoms with Crippen LogP contribution in [0.25, 0.3) is 0 Å². The Kier molecular flexibility index (Phi) is 3.14. The Hall–Kier alpha value is -0.960. The standard InChI is InChI=1S/C7H8FNO.ClH/c1-4-2-5(9)3-6(8)7(4)10;/h2-3,10H,9H2,1H3;1H. The molecule has 0 atom stereocenters. The highest BCUT2D eigenvalue weighted by Crippen LogP contribution is 2.22. The van der Waals surface area contributed by atoms with Crippen LogP contribution in [0.15, 0.2) is 12.1 Å². The molecule has 0 heterocycles. The highest BCUT2D eigenvalue weighted by atomic mass is 35.5. The summed E-state index contributed by atoms with van der Waals surface area (Å²) >= 11 is 0. The molecule has 0 fully saturated rings. The minimum absolute atomic E-state index is 0. The van der Waals surface area contributed by atoms with Gasteiger partial charge in [-0.05, 0) is 18.6 Å². The fraction of sp³-hybridized carbons (Fsp3) is 0.143. The second kappa shape index (κ2) is 3.44.